The minimum absolute atomic E-state index is 0.0161. The maximum absolute atomic E-state index is 12.8. The fourth-order valence-corrected chi connectivity index (χ4v) is 3.74. The van der Waals surface area contributed by atoms with Gasteiger partial charge in [-0.1, -0.05) is 37.6 Å². The Morgan fingerprint density at radius 1 is 0.966 bits per heavy atom. The van der Waals surface area contributed by atoms with Crippen molar-refractivity contribution in [1.82, 2.24) is 0 Å². The quantitative estimate of drug-likeness (QED) is 0.603. The monoisotopic (exact) mass is 386 g/mol. The van der Waals surface area contributed by atoms with Gasteiger partial charge in [-0.2, -0.15) is 0 Å². The molecule has 0 spiro atoms. The molecule has 1 aliphatic rings. The molecule has 3 aromatic carbocycles. The number of benzene rings is 3. The lowest BCUT2D eigenvalue weighted by Crippen LogP contribution is -2.27. The molecule has 4 rings (SSSR count). The highest BCUT2D eigenvalue weighted by atomic mass is 16.2. The Morgan fingerprint density at radius 2 is 1.69 bits per heavy atom. The van der Waals surface area contributed by atoms with E-state index in [-0.39, 0.29) is 17.6 Å². The summed E-state index contributed by atoms with van der Waals surface area (Å²) in [5, 5.41) is 4.69. The number of amides is 2. The van der Waals surface area contributed by atoms with Crippen molar-refractivity contribution in [3.63, 3.8) is 0 Å². The number of anilines is 2. The molecule has 0 fully saturated rings. The Morgan fingerprint density at radius 3 is 2.38 bits per heavy atom. The van der Waals surface area contributed by atoms with E-state index in [9.17, 15) is 14.4 Å². The molecule has 0 saturated carbocycles. The summed E-state index contributed by atoms with van der Waals surface area (Å²) in [7, 11) is 0. The summed E-state index contributed by atoms with van der Waals surface area (Å²) in [6.45, 7) is 4.28. The molecule has 3 aromatic rings. The second kappa shape index (κ2) is 7.51. The van der Waals surface area contributed by atoms with Crippen LogP contribution >= 0.6 is 0 Å². The highest BCUT2D eigenvalue weighted by molar-refractivity contribution is 6.27. The third-order valence-corrected chi connectivity index (χ3v) is 5.32. The van der Waals surface area contributed by atoms with Gasteiger partial charge < -0.3 is 10.2 Å². The van der Waals surface area contributed by atoms with Crippen LogP contribution in [0.5, 0.6) is 0 Å². The van der Waals surface area contributed by atoms with Crippen molar-refractivity contribution in [2.45, 2.75) is 26.7 Å². The first-order chi connectivity index (χ1) is 14.0. The summed E-state index contributed by atoms with van der Waals surface area (Å²) in [6.07, 6.45) is 1.95. The highest BCUT2D eigenvalue weighted by Gasteiger charge is 2.30. The SMILES string of the molecule is CCCCN1C(=O)c2cccc3c(NC(=O)c4ccc(C(C)=O)cc4)ccc1c23. The summed E-state index contributed by atoms with van der Waals surface area (Å²) >= 11 is 0. The van der Waals surface area contributed by atoms with E-state index >= 15 is 0 Å². The first-order valence-electron chi connectivity index (χ1n) is 9.81. The maximum atomic E-state index is 12.8. The summed E-state index contributed by atoms with van der Waals surface area (Å²) in [5.41, 5.74) is 3.28. The van der Waals surface area contributed by atoms with E-state index in [0.29, 0.717) is 28.9 Å². The molecule has 2 amide bonds. The molecular formula is C24H22N2O3. The number of Topliss-reactive ketones (excluding diaryl/α,β-unsaturated/α-hetero) is 1. The van der Waals surface area contributed by atoms with Gasteiger partial charge in [-0.3, -0.25) is 14.4 Å². The predicted octanol–water partition coefficient (Wildman–Crippen LogP) is 5.06. The van der Waals surface area contributed by atoms with Crippen molar-refractivity contribution in [3.05, 3.63) is 71.3 Å². The Hall–Kier alpha value is -3.47. The number of hydrogen-bond donors (Lipinski definition) is 1. The van der Waals surface area contributed by atoms with Gasteiger partial charge in [0.25, 0.3) is 11.8 Å². The van der Waals surface area contributed by atoms with Crippen LogP contribution < -0.4 is 10.2 Å². The molecule has 146 valence electrons. The average molecular weight is 386 g/mol. The van der Waals surface area contributed by atoms with Gasteiger partial charge in [0.1, 0.15) is 0 Å². The average Bonchev–Trinajstić information content (AvgIpc) is 3.01. The molecule has 1 aliphatic heterocycles. The number of unbranched alkanes of at least 4 members (excludes halogenated alkanes) is 1. The molecule has 5 nitrogen and oxygen atoms in total. The topological polar surface area (TPSA) is 66.5 Å². The second-order valence-corrected chi connectivity index (χ2v) is 7.26. The van der Waals surface area contributed by atoms with Gasteiger partial charge in [0, 0.05) is 39.7 Å². The van der Waals surface area contributed by atoms with E-state index in [4.69, 9.17) is 0 Å². The lowest BCUT2D eigenvalue weighted by molar-refractivity contribution is 0.0989. The van der Waals surface area contributed by atoms with Crippen LogP contribution in [0.15, 0.2) is 54.6 Å². The summed E-state index contributed by atoms with van der Waals surface area (Å²) in [5.74, 6) is -0.280. The number of ketones is 1. The van der Waals surface area contributed by atoms with E-state index < -0.39 is 0 Å². The summed E-state index contributed by atoms with van der Waals surface area (Å²) < 4.78 is 0. The smallest absolute Gasteiger partial charge is 0.258 e. The van der Waals surface area contributed by atoms with Crippen LogP contribution in [0.2, 0.25) is 0 Å². The first kappa shape index (κ1) is 18.9. The standard InChI is InChI=1S/C24H22N2O3/c1-3-4-14-26-21-13-12-20(18-6-5-7-19(22(18)21)24(26)29)25-23(28)17-10-8-16(9-11-17)15(2)27/h5-13H,3-4,14H2,1-2H3,(H,25,28). The largest absolute Gasteiger partial charge is 0.321 e. The molecule has 29 heavy (non-hydrogen) atoms. The number of carbonyl (C=O) groups excluding carboxylic acids is 3. The molecule has 0 aliphatic carbocycles. The van der Waals surface area contributed by atoms with Crippen LogP contribution in [-0.2, 0) is 0 Å². The zero-order chi connectivity index (χ0) is 20.5. The molecule has 0 radical (unpaired) electrons. The zero-order valence-electron chi connectivity index (χ0n) is 16.5. The van der Waals surface area contributed by atoms with Crippen LogP contribution in [0.3, 0.4) is 0 Å². The number of nitrogens with one attached hydrogen (secondary N) is 1. The Kier molecular flexibility index (Phi) is 4.89. The van der Waals surface area contributed by atoms with Crippen molar-refractivity contribution < 1.29 is 14.4 Å². The normalized spacial score (nSPS) is 12.5. The van der Waals surface area contributed by atoms with Crippen LogP contribution in [0.1, 0.15) is 57.8 Å². The van der Waals surface area contributed by atoms with E-state index in [0.717, 1.165) is 29.3 Å². The van der Waals surface area contributed by atoms with Crippen molar-refractivity contribution in [3.8, 4) is 0 Å². The lowest BCUT2D eigenvalue weighted by Gasteiger charge is -2.17. The van der Waals surface area contributed by atoms with E-state index in [1.807, 2.05) is 35.2 Å². The zero-order valence-corrected chi connectivity index (χ0v) is 16.5. The van der Waals surface area contributed by atoms with E-state index in [2.05, 4.69) is 12.2 Å². The number of rotatable bonds is 6. The van der Waals surface area contributed by atoms with Gasteiger partial charge in [0.05, 0.1) is 5.69 Å². The van der Waals surface area contributed by atoms with Crippen LogP contribution in [0.4, 0.5) is 11.4 Å². The lowest BCUT2D eigenvalue weighted by atomic mass is 10.0. The van der Waals surface area contributed by atoms with E-state index in [1.54, 1.807) is 24.3 Å². The van der Waals surface area contributed by atoms with Crippen LogP contribution in [0, 0.1) is 0 Å². The Bertz CT molecular complexity index is 1130. The van der Waals surface area contributed by atoms with Gasteiger partial charge in [-0.05, 0) is 43.7 Å². The molecule has 0 saturated heterocycles. The third kappa shape index (κ3) is 3.29. The molecule has 1 N–H and O–H groups in total. The first-order valence-corrected chi connectivity index (χ1v) is 9.81. The number of hydrogen-bond acceptors (Lipinski definition) is 3. The fourth-order valence-electron chi connectivity index (χ4n) is 3.74. The maximum Gasteiger partial charge on any atom is 0.258 e. The molecule has 0 unspecified atom stereocenters. The third-order valence-electron chi connectivity index (χ3n) is 5.32. The van der Waals surface area contributed by atoms with Gasteiger partial charge >= 0.3 is 0 Å². The minimum Gasteiger partial charge on any atom is -0.321 e. The van der Waals surface area contributed by atoms with Gasteiger partial charge in [-0.25, -0.2) is 0 Å². The van der Waals surface area contributed by atoms with Crippen LogP contribution in [-0.4, -0.2) is 24.1 Å². The van der Waals surface area contributed by atoms with Gasteiger partial charge in [0.15, 0.2) is 5.78 Å². The highest BCUT2D eigenvalue weighted by Crippen LogP contribution is 2.40. The van der Waals surface area contributed by atoms with E-state index in [1.165, 1.54) is 6.92 Å². The minimum atomic E-state index is -0.257. The summed E-state index contributed by atoms with van der Waals surface area (Å²) in [6, 6.07) is 15.9. The molecule has 0 bridgehead atoms. The predicted molar refractivity (Wildman–Crippen MR) is 115 cm³/mol. The molecular weight excluding hydrogens is 364 g/mol. The van der Waals surface area contributed by atoms with Crippen molar-refractivity contribution in [2.75, 3.05) is 16.8 Å². The number of carbonyl (C=O) groups is 3. The molecule has 5 heteroatoms. The summed E-state index contributed by atoms with van der Waals surface area (Å²) in [4.78, 5) is 38.8. The van der Waals surface area contributed by atoms with Crippen molar-refractivity contribution >= 4 is 39.7 Å². The van der Waals surface area contributed by atoms with Crippen molar-refractivity contribution in [2.24, 2.45) is 0 Å². The Balaban J connectivity index is 1.68. The second-order valence-electron chi connectivity index (χ2n) is 7.26. The van der Waals surface area contributed by atoms with Gasteiger partial charge in [0.2, 0.25) is 0 Å². The molecule has 0 atom stereocenters. The van der Waals surface area contributed by atoms with Crippen molar-refractivity contribution in [1.29, 1.82) is 0 Å². The van der Waals surface area contributed by atoms with Crippen LogP contribution in [0.25, 0.3) is 10.8 Å². The van der Waals surface area contributed by atoms with Gasteiger partial charge in [-0.15, -0.1) is 0 Å². The molecule has 0 aromatic heterocycles. The fraction of sp³-hybridized carbons (Fsp3) is 0.208. The molecule has 1 heterocycles. The Labute approximate surface area is 169 Å². The number of nitrogens with zero attached hydrogens (tertiary/aromatic N) is 1.